The molecule has 0 heterocycles. The van der Waals surface area contributed by atoms with Gasteiger partial charge in [0, 0.05) is 0 Å². The van der Waals surface area contributed by atoms with Crippen molar-refractivity contribution in [2.24, 2.45) is 0 Å². The predicted octanol–water partition coefficient (Wildman–Crippen LogP) is 5.27. The van der Waals surface area contributed by atoms with E-state index < -0.39 is 17.4 Å². The average molecular weight is 464 g/mol. The van der Waals surface area contributed by atoms with Crippen LogP contribution >= 0.6 is 25.6 Å². The first-order valence-corrected chi connectivity index (χ1v) is 19.8. The van der Waals surface area contributed by atoms with E-state index in [0.717, 1.165) is 0 Å². The van der Waals surface area contributed by atoms with Crippen LogP contribution in [0.3, 0.4) is 0 Å². The molecule has 0 aromatic heterocycles. The Morgan fingerprint density at radius 2 is 0.938 bits per heavy atom. The summed E-state index contributed by atoms with van der Waals surface area (Å²) in [7, 11) is 5.86. The Bertz CT molecular complexity index is 245. The predicted molar refractivity (Wildman–Crippen MR) is 86.5 cm³/mol. The van der Waals surface area contributed by atoms with Gasteiger partial charge < -0.3 is 0 Å². The summed E-state index contributed by atoms with van der Waals surface area (Å²) in [6.07, 6.45) is 11.4. The van der Waals surface area contributed by atoms with Gasteiger partial charge in [-0.3, -0.25) is 0 Å². The second-order valence-electron chi connectivity index (χ2n) is 2.23. The SMILES string of the molecule is C=CC=C[S][Bi]([S]C=CC=C)[S]C=CC=C. The Labute approximate surface area is 114 Å². The van der Waals surface area contributed by atoms with Crippen molar-refractivity contribution in [1.82, 2.24) is 0 Å². The first-order chi connectivity index (χ1) is 7.85. The zero-order valence-corrected chi connectivity index (χ0v) is 14.9. The summed E-state index contributed by atoms with van der Waals surface area (Å²) in [5.74, 6) is 0. The van der Waals surface area contributed by atoms with Gasteiger partial charge in [0.1, 0.15) is 0 Å². The summed E-state index contributed by atoms with van der Waals surface area (Å²) in [6, 6.07) is 0. The average Bonchev–Trinajstić information content (AvgIpc) is 2.29. The zero-order valence-electron chi connectivity index (χ0n) is 8.99. The molecule has 0 N–H and O–H groups in total. The van der Waals surface area contributed by atoms with Crippen molar-refractivity contribution in [3.63, 3.8) is 0 Å². The molecule has 4 heteroatoms. The van der Waals surface area contributed by atoms with E-state index in [-0.39, 0.29) is 0 Å². The van der Waals surface area contributed by atoms with Gasteiger partial charge in [-0.25, -0.2) is 0 Å². The van der Waals surface area contributed by atoms with E-state index >= 15 is 0 Å². The van der Waals surface area contributed by atoms with Gasteiger partial charge in [-0.2, -0.15) is 0 Å². The Balaban J connectivity index is 4.13. The van der Waals surface area contributed by atoms with Gasteiger partial charge in [0.15, 0.2) is 0 Å². The number of hydrogen-bond acceptors (Lipinski definition) is 3. The van der Waals surface area contributed by atoms with E-state index in [9.17, 15) is 0 Å². The van der Waals surface area contributed by atoms with Crippen molar-refractivity contribution in [3.8, 4) is 0 Å². The summed E-state index contributed by atoms with van der Waals surface area (Å²) >= 11 is -1.62. The third kappa shape index (κ3) is 10.9. The molecule has 0 radical (unpaired) electrons. The summed E-state index contributed by atoms with van der Waals surface area (Å²) in [6.45, 7) is 11.0. The van der Waals surface area contributed by atoms with Gasteiger partial charge in [-0.05, 0) is 0 Å². The maximum absolute atomic E-state index is 3.66. The molecule has 0 rings (SSSR count). The van der Waals surface area contributed by atoms with Crippen molar-refractivity contribution in [1.29, 1.82) is 0 Å². The van der Waals surface area contributed by atoms with Gasteiger partial charge in [0.25, 0.3) is 0 Å². The maximum atomic E-state index is 3.66. The number of allylic oxidation sites excluding steroid dienone is 6. The van der Waals surface area contributed by atoms with Crippen molar-refractivity contribution in [3.05, 3.63) is 72.4 Å². The van der Waals surface area contributed by atoms with Gasteiger partial charge in [-0.15, -0.1) is 0 Å². The van der Waals surface area contributed by atoms with Crippen molar-refractivity contribution in [2.75, 3.05) is 0 Å². The molecule has 0 saturated carbocycles. The van der Waals surface area contributed by atoms with Crippen LogP contribution in [0.4, 0.5) is 0 Å². The Morgan fingerprint density at radius 1 is 0.625 bits per heavy atom. The molecule has 0 aliphatic heterocycles. The molecule has 0 nitrogen and oxygen atoms in total. The molecule has 0 fully saturated rings. The van der Waals surface area contributed by atoms with Crippen LogP contribution in [-0.4, -0.2) is 17.4 Å². The molecule has 0 bridgehead atoms. The zero-order chi connectivity index (χ0) is 12.1. The normalized spacial score (nSPS) is 11.8. The number of rotatable bonds is 9. The van der Waals surface area contributed by atoms with Crippen LogP contribution in [0.1, 0.15) is 0 Å². The quantitative estimate of drug-likeness (QED) is 0.337. The van der Waals surface area contributed by atoms with Crippen LogP contribution in [0.25, 0.3) is 0 Å². The minimum absolute atomic E-state index is 1.62. The van der Waals surface area contributed by atoms with Gasteiger partial charge in [-0.1, -0.05) is 0 Å². The van der Waals surface area contributed by atoms with Crippen LogP contribution in [0, 0.1) is 0 Å². The second kappa shape index (κ2) is 13.4. The molecule has 16 heavy (non-hydrogen) atoms. The molecular weight excluding hydrogens is 449 g/mol. The molecular formula is C12H15BiS3. The van der Waals surface area contributed by atoms with Gasteiger partial charge in [0.2, 0.25) is 0 Å². The second-order valence-corrected chi connectivity index (χ2v) is 28.5. The summed E-state index contributed by atoms with van der Waals surface area (Å²) < 4.78 is 0. The Hall–Kier alpha value is 0.373. The fraction of sp³-hybridized carbons (Fsp3) is 0. The van der Waals surface area contributed by atoms with E-state index in [1.54, 1.807) is 0 Å². The van der Waals surface area contributed by atoms with Crippen LogP contribution in [0.2, 0.25) is 0 Å². The van der Waals surface area contributed by atoms with Crippen LogP contribution < -0.4 is 0 Å². The summed E-state index contributed by atoms with van der Waals surface area (Å²) in [5, 5.41) is 6.40. The molecule has 0 spiro atoms. The van der Waals surface area contributed by atoms with E-state index in [4.69, 9.17) is 0 Å². The van der Waals surface area contributed by atoms with Crippen molar-refractivity contribution >= 4 is 42.9 Å². The van der Waals surface area contributed by atoms with Crippen molar-refractivity contribution in [2.45, 2.75) is 0 Å². The topological polar surface area (TPSA) is 0 Å². The van der Waals surface area contributed by atoms with Crippen LogP contribution in [0.15, 0.2) is 72.4 Å². The molecule has 0 aliphatic carbocycles. The van der Waals surface area contributed by atoms with Crippen molar-refractivity contribution < 1.29 is 0 Å². The first-order valence-electron chi connectivity index (χ1n) is 4.48. The molecule has 0 aromatic carbocycles. The van der Waals surface area contributed by atoms with E-state index in [0.29, 0.717) is 0 Å². The third-order valence-electron chi connectivity index (χ3n) is 1.08. The van der Waals surface area contributed by atoms with Gasteiger partial charge in [0.05, 0.1) is 0 Å². The minimum atomic E-state index is -1.62. The fourth-order valence-corrected chi connectivity index (χ4v) is 20.9. The molecule has 0 saturated heterocycles. The van der Waals surface area contributed by atoms with E-state index in [1.165, 1.54) is 0 Å². The molecule has 0 aliphatic rings. The standard InChI is InChI=1S/3C4H6S.Bi/c3*1-2-3-4-5;/h3*2-5H,1H2;/q;;;+3/p-3. The van der Waals surface area contributed by atoms with Crippen LogP contribution in [-0.2, 0) is 0 Å². The molecule has 0 atom stereocenters. The molecule has 0 aromatic rings. The molecule has 86 valence electrons. The van der Waals surface area contributed by atoms with Crippen LogP contribution in [0.5, 0.6) is 0 Å². The van der Waals surface area contributed by atoms with E-state index in [2.05, 4.69) is 36.0 Å². The molecule has 0 unspecified atom stereocenters. The third-order valence-corrected chi connectivity index (χ3v) is 26.3. The van der Waals surface area contributed by atoms with E-state index in [1.807, 2.05) is 62.0 Å². The summed E-state index contributed by atoms with van der Waals surface area (Å²) in [4.78, 5) is 0. The molecule has 0 amide bonds. The summed E-state index contributed by atoms with van der Waals surface area (Å²) in [5.41, 5.74) is 0. The van der Waals surface area contributed by atoms with Gasteiger partial charge >= 0.3 is 115 Å². The number of hydrogen-bond donors (Lipinski definition) is 0. The Morgan fingerprint density at radius 3 is 1.19 bits per heavy atom. The first kappa shape index (κ1) is 16.4. The monoisotopic (exact) mass is 464 g/mol. The Kier molecular flexibility index (Phi) is 13.8. The fourth-order valence-electron chi connectivity index (χ4n) is 0.496.